The largest absolute Gasteiger partial charge is 0.366 e. The number of fused-ring (bicyclic) bond motifs is 1. The van der Waals surface area contributed by atoms with Gasteiger partial charge in [-0.1, -0.05) is 12.1 Å². The summed E-state index contributed by atoms with van der Waals surface area (Å²) in [4.78, 5) is 11.1. The lowest BCUT2D eigenvalue weighted by atomic mass is 9.99. The van der Waals surface area contributed by atoms with Gasteiger partial charge in [0.2, 0.25) is 5.91 Å². The molecular weight excluding hydrogens is 286 g/mol. The second-order valence-electron chi connectivity index (χ2n) is 4.94. The number of amides is 1. The van der Waals surface area contributed by atoms with E-state index in [1.54, 1.807) is 12.1 Å². The number of carbonyl (C=O) groups is 1. The van der Waals surface area contributed by atoms with Gasteiger partial charge in [0.1, 0.15) is 0 Å². The van der Waals surface area contributed by atoms with E-state index in [2.05, 4.69) is 28.8 Å². The molecule has 0 bridgehead atoms. The number of benzene rings is 2. The second-order valence-corrected chi connectivity index (χ2v) is 4.94. The summed E-state index contributed by atoms with van der Waals surface area (Å²) < 4.78 is 0. The van der Waals surface area contributed by atoms with E-state index in [0.29, 0.717) is 5.56 Å². The summed E-state index contributed by atoms with van der Waals surface area (Å²) in [7, 11) is 0. The van der Waals surface area contributed by atoms with Gasteiger partial charge in [0.25, 0.3) is 0 Å². The third-order valence-corrected chi connectivity index (χ3v) is 3.59. The highest BCUT2D eigenvalue weighted by molar-refractivity contribution is 5.93. The molecule has 2 aromatic rings. The first-order valence-electron chi connectivity index (χ1n) is 6.72. The van der Waals surface area contributed by atoms with Gasteiger partial charge in [-0.15, -0.1) is 12.4 Å². The van der Waals surface area contributed by atoms with E-state index < -0.39 is 5.91 Å². The van der Waals surface area contributed by atoms with Crippen molar-refractivity contribution >= 4 is 29.7 Å². The molecule has 0 fully saturated rings. The summed E-state index contributed by atoms with van der Waals surface area (Å²) in [6.07, 6.45) is 1.06. The van der Waals surface area contributed by atoms with Crippen molar-refractivity contribution in [3.63, 3.8) is 0 Å². The van der Waals surface area contributed by atoms with Gasteiger partial charge in [-0.3, -0.25) is 4.79 Å². The molecule has 0 spiro atoms. The number of nitrogens with two attached hydrogens (primary N) is 1. The minimum Gasteiger partial charge on any atom is -0.366 e. The van der Waals surface area contributed by atoms with Crippen molar-refractivity contribution < 1.29 is 4.79 Å². The zero-order valence-electron chi connectivity index (χ0n) is 11.6. The van der Waals surface area contributed by atoms with Crippen LogP contribution in [0, 0.1) is 0 Å². The number of anilines is 2. The Kier molecular flexibility index (Phi) is 4.83. The third-order valence-electron chi connectivity index (χ3n) is 3.59. The zero-order chi connectivity index (χ0) is 13.9. The van der Waals surface area contributed by atoms with Crippen molar-refractivity contribution in [2.45, 2.75) is 13.0 Å². The lowest BCUT2D eigenvalue weighted by Crippen LogP contribution is -2.24. The smallest absolute Gasteiger partial charge is 0.248 e. The number of halogens is 1. The molecule has 0 radical (unpaired) electrons. The van der Waals surface area contributed by atoms with Crippen LogP contribution in [0.5, 0.6) is 0 Å². The van der Waals surface area contributed by atoms with Crippen LogP contribution >= 0.6 is 12.4 Å². The van der Waals surface area contributed by atoms with Crippen LogP contribution < -0.4 is 16.4 Å². The molecule has 0 saturated carbocycles. The van der Waals surface area contributed by atoms with E-state index in [-0.39, 0.29) is 12.4 Å². The van der Waals surface area contributed by atoms with Gasteiger partial charge < -0.3 is 16.4 Å². The molecule has 4 N–H and O–H groups in total. The minimum atomic E-state index is -0.405. The molecule has 0 saturated heterocycles. The Hall–Kier alpha value is -2.04. The molecule has 3 rings (SSSR count). The summed E-state index contributed by atoms with van der Waals surface area (Å²) in [6.45, 7) is 1.92. The van der Waals surface area contributed by atoms with Crippen LogP contribution in [0.15, 0.2) is 42.5 Å². The summed E-state index contributed by atoms with van der Waals surface area (Å²) in [6, 6.07) is 13.5. The van der Waals surface area contributed by atoms with E-state index in [1.165, 1.54) is 11.1 Å². The van der Waals surface area contributed by atoms with Crippen LogP contribution in [0.4, 0.5) is 11.4 Å². The number of primary amides is 1. The summed E-state index contributed by atoms with van der Waals surface area (Å²) in [5, 5.41) is 6.80. The molecule has 1 heterocycles. The molecule has 2 aromatic carbocycles. The number of hydrogen-bond donors (Lipinski definition) is 3. The Morgan fingerprint density at radius 3 is 2.62 bits per heavy atom. The zero-order valence-corrected chi connectivity index (χ0v) is 12.4. The Labute approximate surface area is 130 Å². The average molecular weight is 304 g/mol. The van der Waals surface area contributed by atoms with Crippen molar-refractivity contribution in [3.8, 4) is 0 Å². The molecule has 4 nitrogen and oxygen atoms in total. The average Bonchev–Trinajstić information content (AvgIpc) is 2.48. The maximum absolute atomic E-state index is 11.1. The van der Waals surface area contributed by atoms with Crippen molar-refractivity contribution in [2.75, 3.05) is 11.9 Å². The van der Waals surface area contributed by atoms with Gasteiger partial charge in [-0.25, -0.2) is 0 Å². The fourth-order valence-corrected chi connectivity index (χ4v) is 2.50. The van der Waals surface area contributed by atoms with E-state index in [0.717, 1.165) is 30.9 Å². The molecule has 0 aliphatic carbocycles. The first-order chi connectivity index (χ1) is 9.74. The Morgan fingerprint density at radius 1 is 1.14 bits per heavy atom. The molecule has 1 aliphatic rings. The summed E-state index contributed by atoms with van der Waals surface area (Å²) >= 11 is 0. The Balaban J connectivity index is 0.00000161. The molecule has 0 unspecified atom stereocenters. The highest BCUT2D eigenvalue weighted by atomic mass is 35.5. The van der Waals surface area contributed by atoms with Crippen LogP contribution in [0.3, 0.4) is 0 Å². The van der Waals surface area contributed by atoms with Gasteiger partial charge in [-0.2, -0.15) is 0 Å². The molecule has 5 heteroatoms. The van der Waals surface area contributed by atoms with Gasteiger partial charge in [-0.05, 0) is 54.4 Å². The molecule has 0 atom stereocenters. The lowest BCUT2D eigenvalue weighted by Gasteiger charge is -2.21. The van der Waals surface area contributed by atoms with Crippen LogP contribution in [0.2, 0.25) is 0 Å². The van der Waals surface area contributed by atoms with Crippen molar-refractivity contribution in [1.29, 1.82) is 0 Å². The second kappa shape index (κ2) is 6.61. The predicted molar refractivity (Wildman–Crippen MR) is 87.3 cm³/mol. The summed E-state index contributed by atoms with van der Waals surface area (Å²) in [5.74, 6) is -0.405. The molecular formula is C16H18ClN3O. The minimum absolute atomic E-state index is 0. The van der Waals surface area contributed by atoms with Crippen molar-refractivity contribution in [2.24, 2.45) is 5.73 Å². The van der Waals surface area contributed by atoms with E-state index in [9.17, 15) is 4.79 Å². The predicted octanol–water partition coefficient (Wildman–Crippen LogP) is 2.60. The quantitative estimate of drug-likeness (QED) is 0.816. The number of rotatable bonds is 3. The topological polar surface area (TPSA) is 67.2 Å². The van der Waals surface area contributed by atoms with E-state index in [1.807, 2.05) is 12.1 Å². The van der Waals surface area contributed by atoms with Crippen molar-refractivity contribution in [1.82, 2.24) is 5.32 Å². The normalized spacial score (nSPS) is 13.0. The Morgan fingerprint density at radius 2 is 1.90 bits per heavy atom. The van der Waals surface area contributed by atoms with Crippen molar-refractivity contribution in [3.05, 3.63) is 59.2 Å². The highest BCUT2D eigenvalue weighted by Gasteiger charge is 2.12. The highest BCUT2D eigenvalue weighted by Crippen LogP contribution is 2.26. The maximum Gasteiger partial charge on any atom is 0.248 e. The standard InChI is InChI=1S/C16H17N3O.ClH/c17-16(20)12-4-6-13(7-5-12)19-15-3-1-2-11-8-9-18-10-14(11)15;/h1-7,18-19H,8-10H2,(H2,17,20);1H. The fraction of sp³-hybridized carbons (Fsp3) is 0.188. The van der Waals surface area contributed by atoms with E-state index >= 15 is 0 Å². The van der Waals surface area contributed by atoms with Gasteiger partial charge in [0, 0.05) is 23.5 Å². The van der Waals surface area contributed by atoms with Crippen LogP contribution in [-0.4, -0.2) is 12.5 Å². The van der Waals surface area contributed by atoms with E-state index in [4.69, 9.17) is 5.73 Å². The Bertz CT molecular complexity index is 640. The number of carbonyl (C=O) groups excluding carboxylic acids is 1. The van der Waals surface area contributed by atoms with Gasteiger partial charge in [0.05, 0.1) is 0 Å². The van der Waals surface area contributed by atoms with Crippen LogP contribution in [0.25, 0.3) is 0 Å². The number of nitrogens with one attached hydrogen (secondary N) is 2. The molecule has 110 valence electrons. The maximum atomic E-state index is 11.1. The van der Waals surface area contributed by atoms with Crippen LogP contribution in [-0.2, 0) is 13.0 Å². The first-order valence-corrected chi connectivity index (χ1v) is 6.72. The molecule has 1 amide bonds. The monoisotopic (exact) mass is 303 g/mol. The van der Waals surface area contributed by atoms with Gasteiger partial charge >= 0.3 is 0 Å². The molecule has 1 aliphatic heterocycles. The third kappa shape index (κ3) is 3.35. The van der Waals surface area contributed by atoms with Crippen LogP contribution in [0.1, 0.15) is 21.5 Å². The number of hydrogen-bond acceptors (Lipinski definition) is 3. The first kappa shape index (κ1) is 15.4. The molecule has 0 aromatic heterocycles. The fourth-order valence-electron chi connectivity index (χ4n) is 2.50. The molecule has 21 heavy (non-hydrogen) atoms. The van der Waals surface area contributed by atoms with Gasteiger partial charge in [0.15, 0.2) is 0 Å². The lowest BCUT2D eigenvalue weighted by molar-refractivity contribution is 0.100. The summed E-state index contributed by atoms with van der Waals surface area (Å²) in [5.41, 5.74) is 10.5. The SMILES string of the molecule is Cl.NC(=O)c1ccc(Nc2cccc3c2CNCC3)cc1.